The van der Waals surface area contributed by atoms with Crippen molar-refractivity contribution in [2.24, 2.45) is 0 Å². The van der Waals surface area contributed by atoms with Crippen LogP contribution >= 0.6 is 0 Å². The molecule has 0 saturated heterocycles. The molecule has 1 fully saturated rings. The number of nitrogens with one attached hydrogen (secondary N) is 1. The monoisotopic (exact) mass is 252 g/mol. The van der Waals surface area contributed by atoms with Crippen molar-refractivity contribution in [3.8, 4) is 0 Å². The van der Waals surface area contributed by atoms with Gasteiger partial charge in [-0.1, -0.05) is 18.5 Å². The van der Waals surface area contributed by atoms with Crippen LogP contribution < -0.4 is 5.32 Å². The SMILES string of the molecule is CCNC1CCCC1c1nc(CCN(C)C)no1. The molecular formula is C13H24N4O. The Morgan fingerprint density at radius 2 is 2.22 bits per heavy atom. The Hall–Kier alpha value is -0.940. The lowest BCUT2D eigenvalue weighted by molar-refractivity contribution is 0.327. The second kappa shape index (κ2) is 6.29. The topological polar surface area (TPSA) is 54.2 Å². The number of aromatic nitrogens is 2. The summed E-state index contributed by atoms with van der Waals surface area (Å²) in [5, 5.41) is 7.60. The first kappa shape index (κ1) is 13.5. The van der Waals surface area contributed by atoms with Crippen LogP contribution in [0.4, 0.5) is 0 Å². The molecule has 5 nitrogen and oxygen atoms in total. The Bertz CT molecular complexity index is 364. The van der Waals surface area contributed by atoms with Gasteiger partial charge in [-0.15, -0.1) is 0 Å². The van der Waals surface area contributed by atoms with Crippen LogP contribution in [0.1, 0.15) is 43.8 Å². The maximum absolute atomic E-state index is 5.44. The molecule has 0 aromatic carbocycles. The largest absolute Gasteiger partial charge is 0.339 e. The van der Waals surface area contributed by atoms with Crippen molar-refractivity contribution in [2.75, 3.05) is 27.2 Å². The van der Waals surface area contributed by atoms with Crippen molar-refractivity contribution in [1.29, 1.82) is 0 Å². The molecule has 1 aliphatic carbocycles. The third-order valence-electron chi connectivity index (χ3n) is 3.57. The minimum absolute atomic E-state index is 0.408. The van der Waals surface area contributed by atoms with Crippen LogP contribution in [0.25, 0.3) is 0 Å². The van der Waals surface area contributed by atoms with Gasteiger partial charge in [0, 0.05) is 19.0 Å². The van der Waals surface area contributed by atoms with Gasteiger partial charge in [-0.2, -0.15) is 4.98 Å². The van der Waals surface area contributed by atoms with Gasteiger partial charge in [-0.25, -0.2) is 0 Å². The highest BCUT2D eigenvalue weighted by Crippen LogP contribution is 2.33. The maximum Gasteiger partial charge on any atom is 0.231 e. The first-order valence-electron chi connectivity index (χ1n) is 6.91. The fraction of sp³-hybridized carbons (Fsp3) is 0.846. The average Bonchev–Trinajstić information content (AvgIpc) is 2.94. The van der Waals surface area contributed by atoms with Gasteiger partial charge in [0.05, 0.1) is 5.92 Å². The minimum Gasteiger partial charge on any atom is -0.339 e. The highest BCUT2D eigenvalue weighted by Gasteiger charge is 2.32. The van der Waals surface area contributed by atoms with E-state index in [1.807, 2.05) is 0 Å². The zero-order chi connectivity index (χ0) is 13.0. The molecule has 18 heavy (non-hydrogen) atoms. The van der Waals surface area contributed by atoms with Crippen molar-refractivity contribution >= 4 is 0 Å². The molecular weight excluding hydrogens is 228 g/mol. The molecule has 1 saturated carbocycles. The standard InChI is InChI=1S/C13H24N4O/c1-4-14-11-7-5-6-10(11)13-15-12(16-18-13)8-9-17(2)3/h10-11,14H,4-9H2,1-3H3. The molecule has 0 bridgehead atoms. The van der Waals surface area contributed by atoms with Crippen LogP contribution in [0.2, 0.25) is 0 Å². The number of nitrogens with zero attached hydrogens (tertiary/aromatic N) is 3. The van der Waals surface area contributed by atoms with Gasteiger partial charge in [0.15, 0.2) is 5.82 Å². The quantitative estimate of drug-likeness (QED) is 0.830. The van der Waals surface area contributed by atoms with Crippen molar-refractivity contribution in [3.05, 3.63) is 11.7 Å². The fourth-order valence-corrected chi connectivity index (χ4v) is 2.61. The van der Waals surface area contributed by atoms with Crippen LogP contribution in [0, 0.1) is 0 Å². The van der Waals surface area contributed by atoms with E-state index >= 15 is 0 Å². The van der Waals surface area contributed by atoms with Gasteiger partial charge >= 0.3 is 0 Å². The second-order valence-electron chi connectivity index (χ2n) is 5.30. The third-order valence-corrected chi connectivity index (χ3v) is 3.57. The minimum atomic E-state index is 0.408. The Labute approximate surface area is 109 Å². The first-order chi connectivity index (χ1) is 8.70. The normalized spacial score (nSPS) is 24.0. The van der Waals surface area contributed by atoms with Gasteiger partial charge in [-0.05, 0) is 33.5 Å². The molecule has 2 atom stereocenters. The van der Waals surface area contributed by atoms with Crippen LogP contribution in [0.5, 0.6) is 0 Å². The van der Waals surface area contributed by atoms with Gasteiger partial charge < -0.3 is 14.7 Å². The van der Waals surface area contributed by atoms with E-state index in [2.05, 4.69) is 41.4 Å². The molecule has 1 heterocycles. The number of hydrogen-bond acceptors (Lipinski definition) is 5. The average molecular weight is 252 g/mol. The molecule has 1 aromatic rings. The Morgan fingerprint density at radius 3 is 2.94 bits per heavy atom. The molecule has 5 heteroatoms. The van der Waals surface area contributed by atoms with Crippen LogP contribution in [-0.4, -0.2) is 48.3 Å². The smallest absolute Gasteiger partial charge is 0.231 e. The number of likely N-dealkylation sites (N-methyl/N-ethyl adjacent to an activating group) is 2. The van der Waals surface area contributed by atoms with E-state index in [4.69, 9.17) is 4.52 Å². The Balaban J connectivity index is 1.96. The predicted octanol–water partition coefficient (Wildman–Crippen LogP) is 1.42. The molecule has 1 N–H and O–H groups in total. The maximum atomic E-state index is 5.44. The van der Waals surface area contributed by atoms with E-state index in [-0.39, 0.29) is 0 Å². The number of hydrogen-bond donors (Lipinski definition) is 1. The summed E-state index contributed by atoms with van der Waals surface area (Å²) in [4.78, 5) is 6.68. The summed E-state index contributed by atoms with van der Waals surface area (Å²) in [7, 11) is 4.11. The van der Waals surface area contributed by atoms with E-state index in [0.717, 1.165) is 37.6 Å². The van der Waals surface area contributed by atoms with Gasteiger partial charge in [0.2, 0.25) is 5.89 Å². The molecule has 102 valence electrons. The molecule has 1 aliphatic rings. The Kier molecular flexibility index (Phi) is 4.72. The van der Waals surface area contributed by atoms with E-state index < -0.39 is 0 Å². The van der Waals surface area contributed by atoms with E-state index in [9.17, 15) is 0 Å². The highest BCUT2D eigenvalue weighted by molar-refractivity contribution is 5.03. The highest BCUT2D eigenvalue weighted by atomic mass is 16.5. The summed E-state index contributed by atoms with van der Waals surface area (Å²) in [6.45, 7) is 4.11. The molecule has 0 aliphatic heterocycles. The number of rotatable bonds is 6. The molecule has 0 spiro atoms. The summed E-state index contributed by atoms with van der Waals surface area (Å²) < 4.78 is 5.44. The summed E-state index contributed by atoms with van der Waals surface area (Å²) in [6, 6.07) is 0.511. The lowest BCUT2D eigenvalue weighted by Crippen LogP contribution is -2.31. The molecule has 2 rings (SSSR count). The van der Waals surface area contributed by atoms with Crippen molar-refractivity contribution in [2.45, 2.75) is 44.6 Å². The predicted molar refractivity (Wildman–Crippen MR) is 70.6 cm³/mol. The van der Waals surface area contributed by atoms with Crippen LogP contribution in [0.15, 0.2) is 4.52 Å². The van der Waals surface area contributed by atoms with Crippen molar-refractivity contribution < 1.29 is 4.52 Å². The summed E-state index contributed by atoms with van der Waals surface area (Å²) in [6.07, 6.45) is 4.48. The fourth-order valence-electron chi connectivity index (χ4n) is 2.61. The van der Waals surface area contributed by atoms with Crippen LogP contribution in [0.3, 0.4) is 0 Å². The van der Waals surface area contributed by atoms with Gasteiger partial charge in [0.1, 0.15) is 0 Å². The third kappa shape index (κ3) is 3.29. The second-order valence-corrected chi connectivity index (χ2v) is 5.30. The van der Waals surface area contributed by atoms with Crippen molar-refractivity contribution in [3.63, 3.8) is 0 Å². The molecule has 1 aromatic heterocycles. The summed E-state index contributed by atoms with van der Waals surface area (Å²) in [5.74, 6) is 2.07. The zero-order valence-electron chi connectivity index (χ0n) is 11.6. The molecule has 0 amide bonds. The van der Waals surface area contributed by atoms with Crippen LogP contribution in [-0.2, 0) is 6.42 Å². The summed E-state index contributed by atoms with van der Waals surface area (Å²) >= 11 is 0. The lowest BCUT2D eigenvalue weighted by Gasteiger charge is -2.16. The lowest BCUT2D eigenvalue weighted by atomic mass is 10.0. The molecule has 2 unspecified atom stereocenters. The van der Waals surface area contributed by atoms with E-state index in [1.165, 1.54) is 12.8 Å². The van der Waals surface area contributed by atoms with Gasteiger partial charge in [0.25, 0.3) is 0 Å². The van der Waals surface area contributed by atoms with Gasteiger partial charge in [-0.3, -0.25) is 0 Å². The zero-order valence-corrected chi connectivity index (χ0v) is 11.6. The first-order valence-corrected chi connectivity index (χ1v) is 6.91. The van der Waals surface area contributed by atoms with E-state index in [1.54, 1.807) is 0 Å². The van der Waals surface area contributed by atoms with E-state index in [0.29, 0.717) is 12.0 Å². The Morgan fingerprint density at radius 1 is 1.39 bits per heavy atom. The van der Waals surface area contributed by atoms with Crippen molar-refractivity contribution in [1.82, 2.24) is 20.4 Å². The molecule has 0 radical (unpaired) electrons. The summed E-state index contributed by atoms with van der Waals surface area (Å²) in [5.41, 5.74) is 0.